The molecule has 2 aliphatic heterocycles. The smallest absolute Gasteiger partial charge is 0.388 e. The van der Waals surface area contributed by atoms with E-state index in [1.54, 1.807) is 23.3 Å². The highest BCUT2D eigenvalue weighted by atomic mass is 79.9. The summed E-state index contributed by atoms with van der Waals surface area (Å²) in [4.78, 5) is 23.2. The molecular weight excluding hydrogens is 479 g/mol. The first kappa shape index (κ1) is 21.6. The Morgan fingerprint density at radius 2 is 1.87 bits per heavy atom. The van der Waals surface area contributed by atoms with Crippen LogP contribution in [0, 0.1) is 0 Å². The van der Waals surface area contributed by atoms with Crippen LogP contribution >= 0.6 is 15.9 Å². The van der Waals surface area contributed by atoms with Gasteiger partial charge in [-0.15, -0.1) is 5.06 Å². The minimum atomic E-state index is -4.37. The van der Waals surface area contributed by atoms with Gasteiger partial charge in [-0.25, -0.2) is 4.79 Å². The molecule has 0 bridgehead atoms. The van der Waals surface area contributed by atoms with Crippen LogP contribution in [-0.4, -0.2) is 35.6 Å². The number of piperidine rings is 1. The first-order chi connectivity index (χ1) is 14.7. The van der Waals surface area contributed by atoms with Gasteiger partial charge in [-0.2, -0.15) is 13.2 Å². The van der Waals surface area contributed by atoms with E-state index < -0.39 is 23.4 Å². The highest BCUT2D eigenvalue weighted by Crippen LogP contribution is 2.37. The molecule has 2 heterocycles. The standard InChI is InChI=1S/C21H19BrF3N3O3/c22-16-2-1-3-17(12-16)26-19(29)30-28-10-8-20(9-11-28)13-18(27-31-20)14-4-6-15(7-5-14)21(23,24)25/h1-7,12H,8-11,13H2,(H,26,29). The predicted molar refractivity (Wildman–Crippen MR) is 111 cm³/mol. The van der Waals surface area contributed by atoms with Crippen molar-refractivity contribution in [1.29, 1.82) is 0 Å². The molecule has 2 aromatic carbocycles. The van der Waals surface area contributed by atoms with E-state index in [1.165, 1.54) is 12.1 Å². The lowest BCUT2D eigenvalue weighted by Gasteiger charge is -2.35. The molecule has 10 heteroatoms. The van der Waals surface area contributed by atoms with E-state index in [0.29, 0.717) is 49.3 Å². The first-order valence-corrected chi connectivity index (χ1v) is 10.4. The van der Waals surface area contributed by atoms with Crippen LogP contribution in [0.4, 0.5) is 23.7 Å². The number of halogens is 4. The second-order valence-corrected chi connectivity index (χ2v) is 8.42. The van der Waals surface area contributed by atoms with Crippen molar-refractivity contribution in [1.82, 2.24) is 5.06 Å². The lowest BCUT2D eigenvalue weighted by molar-refractivity contribution is -0.154. The van der Waals surface area contributed by atoms with Crippen LogP contribution in [-0.2, 0) is 15.9 Å². The fourth-order valence-corrected chi connectivity index (χ4v) is 4.00. The number of hydrogen-bond donors (Lipinski definition) is 1. The molecule has 2 aliphatic rings. The number of hydroxylamine groups is 2. The van der Waals surface area contributed by atoms with Gasteiger partial charge < -0.3 is 9.68 Å². The van der Waals surface area contributed by atoms with Crippen molar-refractivity contribution >= 4 is 33.4 Å². The van der Waals surface area contributed by atoms with E-state index in [1.807, 2.05) is 6.07 Å². The zero-order chi connectivity index (χ0) is 22.1. The Balaban J connectivity index is 1.28. The molecule has 1 amide bonds. The van der Waals surface area contributed by atoms with Gasteiger partial charge in [-0.1, -0.05) is 39.3 Å². The number of oxime groups is 1. The fourth-order valence-electron chi connectivity index (χ4n) is 3.61. The Bertz CT molecular complexity index is 987. The Labute approximate surface area is 185 Å². The summed E-state index contributed by atoms with van der Waals surface area (Å²) < 4.78 is 39.1. The molecule has 164 valence electrons. The number of nitrogens with zero attached hydrogens (tertiary/aromatic N) is 2. The SMILES string of the molecule is O=C(Nc1cccc(Br)c1)ON1CCC2(CC1)CC(c1ccc(C(F)(F)F)cc1)=NO2. The molecule has 1 fully saturated rings. The fraction of sp³-hybridized carbons (Fsp3) is 0.333. The number of alkyl halides is 3. The third kappa shape index (κ3) is 5.19. The van der Waals surface area contributed by atoms with Crippen LogP contribution in [0.25, 0.3) is 0 Å². The number of rotatable bonds is 3. The lowest BCUT2D eigenvalue weighted by atomic mass is 9.86. The number of nitrogens with one attached hydrogen (secondary N) is 1. The van der Waals surface area contributed by atoms with Gasteiger partial charge in [0.15, 0.2) is 0 Å². The normalized spacial score (nSPS) is 18.4. The van der Waals surface area contributed by atoms with Gasteiger partial charge in [-0.3, -0.25) is 5.32 Å². The van der Waals surface area contributed by atoms with Crippen molar-refractivity contribution < 1.29 is 27.6 Å². The first-order valence-electron chi connectivity index (χ1n) is 9.65. The van der Waals surface area contributed by atoms with Crippen LogP contribution in [0.3, 0.4) is 0 Å². The van der Waals surface area contributed by atoms with Crippen molar-refractivity contribution in [3.05, 3.63) is 64.1 Å². The second-order valence-electron chi connectivity index (χ2n) is 7.51. The minimum absolute atomic E-state index is 0.460. The summed E-state index contributed by atoms with van der Waals surface area (Å²) in [6.45, 7) is 0.920. The summed E-state index contributed by atoms with van der Waals surface area (Å²) in [5, 5.41) is 8.35. The average molecular weight is 498 g/mol. The van der Waals surface area contributed by atoms with E-state index in [2.05, 4.69) is 26.4 Å². The van der Waals surface area contributed by atoms with Gasteiger partial charge in [0.2, 0.25) is 0 Å². The van der Waals surface area contributed by atoms with Crippen molar-refractivity contribution in [2.45, 2.75) is 31.0 Å². The van der Waals surface area contributed by atoms with E-state index in [-0.39, 0.29) is 0 Å². The van der Waals surface area contributed by atoms with Crippen LogP contribution < -0.4 is 5.32 Å². The average Bonchev–Trinajstić information content (AvgIpc) is 3.13. The minimum Gasteiger partial charge on any atom is -0.388 e. The topological polar surface area (TPSA) is 63.2 Å². The van der Waals surface area contributed by atoms with Crippen molar-refractivity contribution in [2.24, 2.45) is 5.16 Å². The quantitative estimate of drug-likeness (QED) is 0.600. The Morgan fingerprint density at radius 1 is 1.16 bits per heavy atom. The van der Waals surface area contributed by atoms with Crippen molar-refractivity contribution in [3.8, 4) is 0 Å². The van der Waals surface area contributed by atoms with Crippen LogP contribution in [0.15, 0.2) is 58.2 Å². The molecule has 1 N–H and O–H groups in total. The molecule has 2 aromatic rings. The molecule has 6 nitrogen and oxygen atoms in total. The largest absolute Gasteiger partial charge is 0.430 e. The van der Waals surface area contributed by atoms with Crippen molar-refractivity contribution in [2.75, 3.05) is 18.4 Å². The number of benzene rings is 2. The van der Waals surface area contributed by atoms with Gasteiger partial charge in [0.25, 0.3) is 0 Å². The lowest BCUT2D eigenvalue weighted by Crippen LogP contribution is -2.45. The molecule has 31 heavy (non-hydrogen) atoms. The number of hydrogen-bond acceptors (Lipinski definition) is 5. The third-order valence-corrected chi connectivity index (χ3v) is 5.79. The molecular formula is C21H19BrF3N3O3. The van der Waals surface area contributed by atoms with E-state index in [9.17, 15) is 18.0 Å². The van der Waals surface area contributed by atoms with Crippen LogP contribution in [0.5, 0.6) is 0 Å². The zero-order valence-electron chi connectivity index (χ0n) is 16.3. The monoisotopic (exact) mass is 497 g/mol. The summed E-state index contributed by atoms with van der Waals surface area (Å²) in [6, 6.07) is 12.1. The van der Waals surface area contributed by atoms with Gasteiger partial charge in [0.05, 0.1) is 11.3 Å². The summed E-state index contributed by atoms with van der Waals surface area (Å²) >= 11 is 3.34. The number of amides is 1. The Morgan fingerprint density at radius 3 is 2.52 bits per heavy atom. The maximum absolute atomic E-state index is 12.7. The van der Waals surface area contributed by atoms with Crippen LogP contribution in [0.2, 0.25) is 0 Å². The molecule has 4 rings (SSSR count). The Hall–Kier alpha value is -2.59. The predicted octanol–water partition coefficient (Wildman–Crippen LogP) is 5.59. The summed E-state index contributed by atoms with van der Waals surface area (Å²) in [5.41, 5.74) is 0.615. The molecule has 0 aliphatic carbocycles. The van der Waals surface area contributed by atoms with Crippen LogP contribution in [0.1, 0.15) is 30.4 Å². The second kappa shape index (κ2) is 8.51. The molecule has 0 radical (unpaired) electrons. The third-order valence-electron chi connectivity index (χ3n) is 5.30. The summed E-state index contributed by atoms with van der Waals surface area (Å²) in [6.07, 6.45) is -3.31. The maximum atomic E-state index is 12.7. The van der Waals surface area contributed by atoms with E-state index >= 15 is 0 Å². The van der Waals surface area contributed by atoms with E-state index in [4.69, 9.17) is 9.68 Å². The molecule has 0 saturated carbocycles. The van der Waals surface area contributed by atoms with Gasteiger partial charge in [0, 0.05) is 42.5 Å². The zero-order valence-corrected chi connectivity index (χ0v) is 17.9. The number of anilines is 1. The van der Waals surface area contributed by atoms with E-state index in [0.717, 1.165) is 16.6 Å². The highest BCUT2D eigenvalue weighted by Gasteiger charge is 2.43. The number of carbonyl (C=O) groups excluding carboxylic acids is 1. The number of carbonyl (C=O) groups is 1. The van der Waals surface area contributed by atoms with Gasteiger partial charge in [-0.05, 0) is 35.9 Å². The molecule has 1 saturated heterocycles. The Kier molecular flexibility index (Phi) is 5.94. The molecule has 0 atom stereocenters. The van der Waals surface area contributed by atoms with Gasteiger partial charge >= 0.3 is 12.3 Å². The molecule has 0 unspecified atom stereocenters. The van der Waals surface area contributed by atoms with Gasteiger partial charge in [0.1, 0.15) is 5.60 Å². The molecule has 0 aromatic heterocycles. The van der Waals surface area contributed by atoms with Crippen molar-refractivity contribution in [3.63, 3.8) is 0 Å². The molecule has 1 spiro atoms. The summed E-state index contributed by atoms with van der Waals surface area (Å²) in [7, 11) is 0. The highest BCUT2D eigenvalue weighted by molar-refractivity contribution is 9.10. The maximum Gasteiger partial charge on any atom is 0.430 e. The summed E-state index contributed by atoms with van der Waals surface area (Å²) in [5.74, 6) is 0.